The number of hydrogen-bond acceptors (Lipinski definition) is 4. The molecule has 0 saturated carbocycles. The Bertz CT molecular complexity index is 492. The highest BCUT2D eigenvalue weighted by Crippen LogP contribution is 2.22. The van der Waals surface area contributed by atoms with Gasteiger partial charge in [0.2, 0.25) is 0 Å². The van der Waals surface area contributed by atoms with Gasteiger partial charge in [0.15, 0.2) is 0 Å². The molecule has 1 amide bonds. The Kier molecular flexibility index (Phi) is 3.79. The van der Waals surface area contributed by atoms with Crippen LogP contribution >= 0.6 is 0 Å². The Morgan fingerprint density at radius 1 is 1.53 bits per heavy atom. The zero-order chi connectivity index (χ0) is 13.8. The molecule has 6 nitrogen and oxygen atoms in total. The molecule has 0 radical (unpaired) electrons. The molecule has 0 unspecified atom stereocenters. The lowest BCUT2D eigenvalue weighted by atomic mass is 10.0. The molecule has 2 rings (SSSR count). The van der Waals surface area contributed by atoms with Crippen LogP contribution in [-0.2, 0) is 4.79 Å². The molecule has 6 heteroatoms. The third-order valence-corrected chi connectivity index (χ3v) is 2.97. The average Bonchev–Trinajstić information content (AvgIpc) is 2.34. The van der Waals surface area contributed by atoms with Gasteiger partial charge in [0, 0.05) is 25.8 Å². The zero-order valence-corrected chi connectivity index (χ0v) is 10.4. The van der Waals surface area contributed by atoms with Gasteiger partial charge in [0.05, 0.1) is 11.5 Å². The summed E-state index contributed by atoms with van der Waals surface area (Å²) in [4.78, 5) is 28.3. The molecule has 19 heavy (non-hydrogen) atoms. The standard InChI is InChI=1S/C13H15N3O3/c1-2-5-14-12(17)9-3-4-11(15-6-9)16-7-10(8-16)13(18)19/h2-4,6,10H,1,5,7-8H2,(H,14,17)(H,18,19). The Balaban J connectivity index is 1.94. The van der Waals surface area contributed by atoms with Crippen molar-refractivity contribution in [2.24, 2.45) is 5.92 Å². The average molecular weight is 261 g/mol. The molecule has 100 valence electrons. The predicted molar refractivity (Wildman–Crippen MR) is 70.1 cm³/mol. The highest BCUT2D eigenvalue weighted by Gasteiger charge is 2.33. The van der Waals surface area contributed by atoms with Crippen molar-refractivity contribution < 1.29 is 14.7 Å². The van der Waals surface area contributed by atoms with Crippen molar-refractivity contribution in [3.8, 4) is 0 Å². The Morgan fingerprint density at radius 3 is 2.79 bits per heavy atom. The minimum absolute atomic E-state index is 0.203. The number of pyridine rings is 1. The molecule has 0 bridgehead atoms. The van der Waals surface area contributed by atoms with E-state index in [-0.39, 0.29) is 11.8 Å². The van der Waals surface area contributed by atoms with Gasteiger partial charge in [-0.3, -0.25) is 9.59 Å². The Labute approximate surface area is 110 Å². The maximum absolute atomic E-state index is 11.6. The molecule has 0 atom stereocenters. The molecular formula is C13H15N3O3. The van der Waals surface area contributed by atoms with Gasteiger partial charge in [-0.1, -0.05) is 6.08 Å². The number of carbonyl (C=O) groups excluding carboxylic acids is 1. The molecular weight excluding hydrogens is 246 g/mol. The SMILES string of the molecule is C=CCNC(=O)c1ccc(N2CC(C(=O)O)C2)nc1. The normalized spacial score (nSPS) is 14.6. The summed E-state index contributed by atoms with van der Waals surface area (Å²) in [5.74, 6) is -0.613. The van der Waals surface area contributed by atoms with E-state index in [0.29, 0.717) is 31.0 Å². The number of carbonyl (C=O) groups is 2. The molecule has 1 aromatic rings. The van der Waals surface area contributed by atoms with Crippen LogP contribution in [0, 0.1) is 5.92 Å². The molecule has 1 fully saturated rings. The van der Waals surface area contributed by atoms with Gasteiger partial charge in [0.25, 0.3) is 5.91 Å². The summed E-state index contributed by atoms with van der Waals surface area (Å²) in [5.41, 5.74) is 0.473. The number of aromatic nitrogens is 1. The molecule has 1 saturated heterocycles. The third-order valence-electron chi connectivity index (χ3n) is 2.97. The van der Waals surface area contributed by atoms with Crippen molar-refractivity contribution in [2.45, 2.75) is 0 Å². The molecule has 0 aromatic carbocycles. The molecule has 1 aromatic heterocycles. The van der Waals surface area contributed by atoms with Crippen LogP contribution < -0.4 is 10.2 Å². The van der Waals surface area contributed by atoms with Crippen LogP contribution in [0.2, 0.25) is 0 Å². The van der Waals surface area contributed by atoms with Crippen molar-refractivity contribution in [3.05, 3.63) is 36.5 Å². The van der Waals surface area contributed by atoms with Crippen LogP contribution in [0.15, 0.2) is 31.0 Å². The summed E-state index contributed by atoms with van der Waals surface area (Å²) in [7, 11) is 0. The Morgan fingerprint density at radius 2 is 2.26 bits per heavy atom. The maximum atomic E-state index is 11.6. The summed E-state index contributed by atoms with van der Waals surface area (Å²) in [6.45, 7) is 4.85. The lowest BCUT2D eigenvalue weighted by Crippen LogP contribution is -2.50. The van der Waals surface area contributed by atoms with Crippen molar-refractivity contribution in [2.75, 3.05) is 24.5 Å². The van der Waals surface area contributed by atoms with Gasteiger partial charge in [-0.2, -0.15) is 0 Å². The van der Waals surface area contributed by atoms with Crippen molar-refractivity contribution >= 4 is 17.7 Å². The summed E-state index contributed by atoms with van der Waals surface area (Å²) >= 11 is 0. The Hall–Kier alpha value is -2.37. The quantitative estimate of drug-likeness (QED) is 0.755. The molecule has 2 heterocycles. The number of carboxylic acids is 1. The van der Waals surface area contributed by atoms with Gasteiger partial charge >= 0.3 is 5.97 Å². The van der Waals surface area contributed by atoms with E-state index >= 15 is 0 Å². The maximum Gasteiger partial charge on any atom is 0.310 e. The minimum Gasteiger partial charge on any atom is -0.481 e. The number of amides is 1. The van der Waals surface area contributed by atoms with Gasteiger partial charge < -0.3 is 15.3 Å². The number of hydrogen-bond donors (Lipinski definition) is 2. The first-order valence-electron chi connectivity index (χ1n) is 5.94. The molecule has 0 spiro atoms. The van der Waals surface area contributed by atoms with Gasteiger partial charge in [0.1, 0.15) is 5.82 Å². The first-order chi connectivity index (χ1) is 9.11. The third kappa shape index (κ3) is 2.90. The highest BCUT2D eigenvalue weighted by molar-refractivity contribution is 5.94. The lowest BCUT2D eigenvalue weighted by Gasteiger charge is -2.37. The van der Waals surface area contributed by atoms with E-state index in [0.717, 1.165) is 0 Å². The number of aliphatic carboxylic acids is 1. The van der Waals surface area contributed by atoms with E-state index in [1.807, 2.05) is 4.90 Å². The second-order valence-electron chi connectivity index (χ2n) is 4.34. The first kappa shape index (κ1) is 13.1. The number of anilines is 1. The van der Waals surface area contributed by atoms with Crippen LogP contribution in [0.25, 0.3) is 0 Å². The fourth-order valence-corrected chi connectivity index (χ4v) is 1.80. The highest BCUT2D eigenvalue weighted by atomic mass is 16.4. The summed E-state index contributed by atoms with van der Waals surface area (Å²) in [5, 5.41) is 11.4. The van der Waals surface area contributed by atoms with E-state index in [9.17, 15) is 9.59 Å². The van der Waals surface area contributed by atoms with Gasteiger partial charge in [-0.25, -0.2) is 4.98 Å². The number of nitrogens with zero attached hydrogens (tertiary/aromatic N) is 2. The van der Waals surface area contributed by atoms with Crippen LogP contribution in [0.3, 0.4) is 0 Å². The summed E-state index contributed by atoms with van der Waals surface area (Å²) in [6.07, 6.45) is 3.09. The summed E-state index contributed by atoms with van der Waals surface area (Å²) in [6, 6.07) is 3.40. The minimum atomic E-state index is -0.781. The van der Waals surface area contributed by atoms with Crippen molar-refractivity contribution in [1.29, 1.82) is 0 Å². The summed E-state index contributed by atoms with van der Waals surface area (Å²) < 4.78 is 0. The fraction of sp³-hybridized carbons (Fsp3) is 0.308. The lowest BCUT2D eigenvalue weighted by molar-refractivity contribution is -0.142. The van der Waals surface area contributed by atoms with E-state index in [1.54, 1.807) is 18.2 Å². The van der Waals surface area contributed by atoms with Crippen LogP contribution in [0.5, 0.6) is 0 Å². The van der Waals surface area contributed by atoms with E-state index in [1.165, 1.54) is 6.20 Å². The molecule has 0 aliphatic carbocycles. The number of nitrogens with one attached hydrogen (secondary N) is 1. The topological polar surface area (TPSA) is 82.5 Å². The molecule has 1 aliphatic heterocycles. The van der Waals surface area contributed by atoms with E-state index in [4.69, 9.17) is 5.11 Å². The van der Waals surface area contributed by atoms with Crippen molar-refractivity contribution in [1.82, 2.24) is 10.3 Å². The second-order valence-corrected chi connectivity index (χ2v) is 4.34. The van der Waals surface area contributed by atoms with Gasteiger partial charge in [-0.05, 0) is 12.1 Å². The van der Waals surface area contributed by atoms with Gasteiger partial charge in [-0.15, -0.1) is 6.58 Å². The fourth-order valence-electron chi connectivity index (χ4n) is 1.80. The first-order valence-corrected chi connectivity index (χ1v) is 5.94. The van der Waals surface area contributed by atoms with Crippen LogP contribution in [-0.4, -0.2) is 41.6 Å². The largest absolute Gasteiger partial charge is 0.481 e. The smallest absolute Gasteiger partial charge is 0.310 e. The van der Waals surface area contributed by atoms with Crippen LogP contribution in [0.1, 0.15) is 10.4 Å². The number of rotatable bonds is 5. The zero-order valence-electron chi connectivity index (χ0n) is 10.4. The van der Waals surface area contributed by atoms with Crippen LogP contribution in [0.4, 0.5) is 5.82 Å². The second kappa shape index (κ2) is 5.51. The van der Waals surface area contributed by atoms with E-state index in [2.05, 4.69) is 16.9 Å². The molecule has 2 N–H and O–H groups in total. The number of carboxylic acid groups (broad SMARTS) is 1. The monoisotopic (exact) mass is 261 g/mol. The van der Waals surface area contributed by atoms with E-state index < -0.39 is 5.97 Å². The molecule has 1 aliphatic rings. The van der Waals surface area contributed by atoms with Crippen molar-refractivity contribution in [3.63, 3.8) is 0 Å². The predicted octanol–water partition coefficient (Wildman–Crippen LogP) is 0.518.